The topological polar surface area (TPSA) is 104 Å². The second kappa shape index (κ2) is 7.75. The van der Waals surface area contributed by atoms with Gasteiger partial charge in [0.05, 0.1) is 0 Å². The van der Waals surface area contributed by atoms with E-state index in [1.165, 1.54) is 23.1 Å². The summed E-state index contributed by atoms with van der Waals surface area (Å²) in [4.78, 5) is 38.4. The minimum Gasteiger partial charge on any atom is -0.323 e. The molecule has 0 bridgehead atoms. The second-order valence-electron chi connectivity index (χ2n) is 6.46. The van der Waals surface area contributed by atoms with Crippen LogP contribution in [0, 0.1) is 5.92 Å². The monoisotopic (exact) mass is 395 g/mol. The number of carbonyl (C=O) groups excluding carboxylic acids is 3. The molecule has 8 nitrogen and oxygen atoms in total. The summed E-state index contributed by atoms with van der Waals surface area (Å²) >= 11 is 2.70. The van der Waals surface area contributed by atoms with Crippen molar-refractivity contribution < 1.29 is 14.4 Å². The molecule has 1 aromatic rings. The van der Waals surface area contributed by atoms with Gasteiger partial charge in [-0.15, -0.1) is 16.8 Å². The van der Waals surface area contributed by atoms with E-state index in [0.717, 1.165) is 24.2 Å². The molecule has 1 aliphatic carbocycles. The first-order valence-electron chi connectivity index (χ1n) is 8.47. The lowest BCUT2D eigenvalue weighted by molar-refractivity contribution is -0.136. The molecule has 2 heterocycles. The Morgan fingerprint density at radius 2 is 2.31 bits per heavy atom. The predicted octanol–water partition coefficient (Wildman–Crippen LogP) is 2.26. The van der Waals surface area contributed by atoms with Crippen LogP contribution in [0.3, 0.4) is 0 Å². The van der Waals surface area contributed by atoms with Crippen LogP contribution in [0.25, 0.3) is 0 Å². The molecule has 10 heteroatoms. The highest BCUT2D eigenvalue weighted by Crippen LogP contribution is 2.38. The summed E-state index contributed by atoms with van der Waals surface area (Å²) in [5, 5.41) is 13.6. The van der Waals surface area contributed by atoms with Crippen molar-refractivity contribution in [3.8, 4) is 0 Å². The Labute approximate surface area is 159 Å². The third-order valence-corrected chi connectivity index (χ3v) is 6.75. The maximum atomic E-state index is 12.8. The Morgan fingerprint density at radius 1 is 1.50 bits per heavy atom. The summed E-state index contributed by atoms with van der Waals surface area (Å²) in [7, 11) is 0. The smallest absolute Gasteiger partial charge is 0.323 e. The Bertz CT molecular complexity index is 737. The summed E-state index contributed by atoms with van der Waals surface area (Å²) in [5.74, 6) is -0.00572. The van der Waals surface area contributed by atoms with Crippen LogP contribution in [-0.2, 0) is 9.59 Å². The van der Waals surface area contributed by atoms with Crippen LogP contribution >= 0.6 is 23.1 Å². The number of aromatic nitrogens is 2. The average molecular weight is 396 g/mol. The number of hydrogen-bond acceptors (Lipinski definition) is 7. The molecule has 1 aliphatic heterocycles. The number of carbonyl (C=O) groups is 3. The Morgan fingerprint density at radius 3 is 3.04 bits per heavy atom. The molecule has 2 atom stereocenters. The quantitative estimate of drug-likeness (QED) is 0.331. The van der Waals surface area contributed by atoms with Crippen LogP contribution in [0.4, 0.5) is 9.93 Å². The minimum absolute atomic E-state index is 0.0633. The molecule has 2 aliphatic rings. The second-order valence-corrected chi connectivity index (χ2v) is 8.71. The third-order valence-electron chi connectivity index (χ3n) is 4.78. The van der Waals surface area contributed by atoms with Crippen LogP contribution in [-0.4, -0.2) is 50.8 Å². The highest BCUT2D eigenvalue weighted by molar-refractivity contribution is 8.01. The van der Waals surface area contributed by atoms with Gasteiger partial charge in [0.2, 0.25) is 11.0 Å². The molecule has 1 spiro atoms. The van der Waals surface area contributed by atoms with Crippen molar-refractivity contribution in [3.63, 3.8) is 0 Å². The fraction of sp³-hybridized carbons (Fsp3) is 0.562. The number of thioether (sulfide) groups is 1. The van der Waals surface area contributed by atoms with Crippen LogP contribution < -0.4 is 10.6 Å². The van der Waals surface area contributed by atoms with Gasteiger partial charge in [0.15, 0.2) is 4.34 Å². The maximum Gasteiger partial charge on any atom is 0.325 e. The molecule has 2 unspecified atom stereocenters. The molecule has 3 rings (SSSR count). The number of anilines is 1. The first-order valence-corrected chi connectivity index (χ1v) is 10.3. The molecular formula is C16H21N5O3S2. The third kappa shape index (κ3) is 3.61. The summed E-state index contributed by atoms with van der Waals surface area (Å²) in [6.07, 6.45) is 5.21. The van der Waals surface area contributed by atoms with Gasteiger partial charge in [0, 0.05) is 5.75 Å². The first-order chi connectivity index (χ1) is 12.5. The van der Waals surface area contributed by atoms with Gasteiger partial charge in [0.1, 0.15) is 12.1 Å². The van der Waals surface area contributed by atoms with Crippen LogP contribution in [0.15, 0.2) is 17.0 Å². The lowest BCUT2D eigenvalue weighted by Gasteiger charge is -2.36. The lowest BCUT2D eigenvalue weighted by atomic mass is 9.73. The van der Waals surface area contributed by atoms with E-state index < -0.39 is 17.5 Å². The zero-order valence-corrected chi connectivity index (χ0v) is 16.1. The largest absolute Gasteiger partial charge is 0.325 e. The number of imide groups is 1. The Hall–Kier alpha value is -1.94. The van der Waals surface area contributed by atoms with E-state index in [9.17, 15) is 14.4 Å². The van der Waals surface area contributed by atoms with E-state index in [1.807, 2.05) is 6.92 Å². The highest BCUT2D eigenvalue weighted by atomic mass is 32.2. The molecule has 0 radical (unpaired) electrons. The van der Waals surface area contributed by atoms with Crippen molar-refractivity contribution in [3.05, 3.63) is 12.7 Å². The zero-order chi connectivity index (χ0) is 18.7. The van der Waals surface area contributed by atoms with Crippen LogP contribution in [0.5, 0.6) is 0 Å². The van der Waals surface area contributed by atoms with Gasteiger partial charge in [-0.3, -0.25) is 19.8 Å². The number of urea groups is 1. The standard InChI is InChI=1S/C16H21N5O3S2/c1-3-8-25-15-20-19-13(26-15)17-11(22)9-21-12(23)16(18-14(21)24)7-5-4-6-10(16)2/h3,10H,1,4-9H2,2H3,(H,18,24)(H,17,19,22). The molecule has 26 heavy (non-hydrogen) atoms. The first kappa shape index (κ1) is 18.8. The molecule has 1 saturated carbocycles. The summed E-state index contributed by atoms with van der Waals surface area (Å²) in [5.41, 5.74) is -0.854. The van der Waals surface area contributed by atoms with Gasteiger partial charge in [-0.05, 0) is 18.8 Å². The molecular weight excluding hydrogens is 374 g/mol. The molecule has 2 fully saturated rings. The van der Waals surface area contributed by atoms with Crippen molar-refractivity contribution in [2.75, 3.05) is 17.6 Å². The fourth-order valence-electron chi connectivity index (χ4n) is 3.39. The van der Waals surface area contributed by atoms with Crippen molar-refractivity contribution in [1.29, 1.82) is 0 Å². The summed E-state index contributed by atoms with van der Waals surface area (Å²) < 4.78 is 0.713. The van der Waals surface area contributed by atoms with Gasteiger partial charge in [-0.1, -0.05) is 48.9 Å². The average Bonchev–Trinajstić information content (AvgIpc) is 3.14. The van der Waals surface area contributed by atoms with Gasteiger partial charge >= 0.3 is 6.03 Å². The number of nitrogens with zero attached hydrogens (tertiary/aromatic N) is 3. The van der Waals surface area contributed by atoms with Gasteiger partial charge in [-0.25, -0.2) is 4.79 Å². The summed E-state index contributed by atoms with van der Waals surface area (Å²) in [6, 6.07) is -0.501. The van der Waals surface area contributed by atoms with Crippen molar-refractivity contribution in [1.82, 2.24) is 20.4 Å². The van der Waals surface area contributed by atoms with Crippen molar-refractivity contribution in [2.45, 2.75) is 42.5 Å². The van der Waals surface area contributed by atoms with Crippen molar-refractivity contribution in [2.24, 2.45) is 5.92 Å². The fourth-order valence-corrected chi connectivity index (χ4v) is 4.92. The van der Waals surface area contributed by atoms with E-state index in [2.05, 4.69) is 27.4 Å². The lowest BCUT2D eigenvalue weighted by Crippen LogP contribution is -2.54. The molecule has 2 N–H and O–H groups in total. The highest BCUT2D eigenvalue weighted by Gasteiger charge is 2.55. The number of hydrogen-bond donors (Lipinski definition) is 2. The molecule has 140 valence electrons. The van der Waals surface area contributed by atoms with E-state index in [1.54, 1.807) is 6.08 Å². The van der Waals surface area contributed by atoms with Crippen LogP contribution in [0.2, 0.25) is 0 Å². The Kier molecular flexibility index (Phi) is 5.61. The van der Waals surface area contributed by atoms with E-state index in [0.29, 0.717) is 21.6 Å². The number of rotatable bonds is 6. The Balaban J connectivity index is 1.62. The van der Waals surface area contributed by atoms with E-state index >= 15 is 0 Å². The van der Waals surface area contributed by atoms with Crippen molar-refractivity contribution >= 4 is 46.1 Å². The zero-order valence-electron chi connectivity index (χ0n) is 14.5. The normalized spacial score (nSPS) is 25.4. The molecule has 0 aromatic carbocycles. The molecule has 1 saturated heterocycles. The predicted molar refractivity (Wildman–Crippen MR) is 100 cm³/mol. The van der Waals surface area contributed by atoms with Crippen LogP contribution in [0.1, 0.15) is 32.6 Å². The minimum atomic E-state index is -0.854. The number of amides is 4. The molecule has 4 amide bonds. The SMILES string of the molecule is C=CCSc1nnc(NC(=O)CN2C(=O)NC3(CCCCC3C)C2=O)s1. The van der Waals surface area contributed by atoms with Gasteiger partial charge in [-0.2, -0.15) is 0 Å². The van der Waals surface area contributed by atoms with E-state index in [4.69, 9.17) is 0 Å². The van der Waals surface area contributed by atoms with E-state index in [-0.39, 0.29) is 18.4 Å². The summed E-state index contributed by atoms with van der Waals surface area (Å²) in [6.45, 7) is 5.29. The van der Waals surface area contributed by atoms with Gasteiger partial charge in [0.25, 0.3) is 5.91 Å². The number of nitrogens with one attached hydrogen (secondary N) is 2. The molecule has 1 aromatic heterocycles. The maximum absolute atomic E-state index is 12.8. The van der Waals surface area contributed by atoms with Gasteiger partial charge < -0.3 is 5.32 Å².